The van der Waals surface area contributed by atoms with Crippen LogP contribution in [-0.4, -0.2) is 28.5 Å². The number of amides is 1. The fourth-order valence-corrected chi connectivity index (χ4v) is 1.13. The summed E-state index contributed by atoms with van der Waals surface area (Å²) in [4.78, 5) is 26.1. The molecular weight excluding hydrogens is 236 g/mol. The largest absolute Gasteiger partial charge is 0.481 e. The Morgan fingerprint density at radius 3 is 2.56 bits per heavy atom. The number of nitrogens with one attached hydrogen (secondary N) is 1. The minimum Gasteiger partial charge on any atom is -0.481 e. The van der Waals surface area contributed by atoms with Crippen LogP contribution in [0.2, 0.25) is 0 Å². The summed E-state index contributed by atoms with van der Waals surface area (Å²) >= 11 is 0. The lowest BCUT2D eigenvalue weighted by atomic mass is 9.94. The van der Waals surface area contributed by atoms with Crippen molar-refractivity contribution >= 4 is 11.9 Å². The third-order valence-corrected chi connectivity index (χ3v) is 2.43. The molecule has 18 heavy (non-hydrogen) atoms. The van der Waals surface area contributed by atoms with Gasteiger partial charge in [-0.3, -0.25) is 9.59 Å². The first-order valence-corrected chi connectivity index (χ1v) is 5.69. The van der Waals surface area contributed by atoms with Crippen molar-refractivity contribution in [2.75, 3.05) is 6.54 Å². The molecule has 1 heterocycles. The Labute approximate surface area is 105 Å². The second kappa shape index (κ2) is 5.20. The molecule has 0 fully saturated rings. The zero-order valence-electron chi connectivity index (χ0n) is 11.0. The van der Waals surface area contributed by atoms with Crippen LogP contribution in [0.25, 0.3) is 0 Å². The molecule has 0 aromatic carbocycles. The summed E-state index contributed by atoms with van der Waals surface area (Å²) in [7, 11) is 0. The number of rotatable bonds is 4. The summed E-state index contributed by atoms with van der Waals surface area (Å²) in [5.74, 6) is -1.54. The zero-order valence-corrected chi connectivity index (χ0v) is 11.0. The van der Waals surface area contributed by atoms with Crippen LogP contribution < -0.4 is 5.32 Å². The number of carboxylic acid groups (broad SMARTS) is 1. The smallest absolute Gasteiger partial charge is 0.308 e. The molecule has 6 heteroatoms. The van der Waals surface area contributed by atoms with Gasteiger partial charge in [0.15, 0.2) is 0 Å². The normalized spacial score (nSPS) is 13.1. The summed E-state index contributed by atoms with van der Waals surface area (Å²) in [5.41, 5.74) is -0.222. The van der Waals surface area contributed by atoms with Gasteiger partial charge in [0.25, 0.3) is 5.89 Å². The first-order valence-electron chi connectivity index (χ1n) is 5.69. The molecule has 100 valence electrons. The van der Waals surface area contributed by atoms with Crippen LogP contribution in [-0.2, 0) is 10.2 Å². The maximum atomic E-state index is 11.7. The van der Waals surface area contributed by atoms with E-state index in [4.69, 9.17) is 9.52 Å². The van der Waals surface area contributed by atoms with Crippen molar-refractivity contribution in [2.24, 2.45) is 5.92 Å². The van der Waals surface area contributed by atoms with Gasteiger partial charge in [0, 0.05) is 12.0 Å². The first kappa shape index (κ1) is 14.2. The third kappa shape index (κ3) is 3.58. The quantitative estimate of drug-likeness (QED) is 0.847. The molecule has 0 saturated carbocycles. The van der Waals surface area contributed by atoms with E-state index in [1.807, 2.05) is 20.8 Å². The molecule has 1 atom stereocenters. The number of hydrogen-bond acceptors (Lipinski definition) is 4. The van der Waals surface area contributed by atoms with Crippen LogP contribution in [0.3, 0.4) is 0 Å². The van der Waals surface area contributed by atoms with Gasteiger partial charge in [-0.05, 0) is 0 Å². The predicted molar refractivity (Wildman–Crippen MR) is 64.3 cm³/mol. The molecule has 6 nitrogen and oxygen atoms in total. The van der Waals surface area contributed by atoms with Gasteiger partial charge in [-0.2, -0.15) is 0 Å². The lowest BCUT2D eigenvalue weighted by molar-refractivity contribution is -0.140. The number of aromatic nitrogens is 1. The molecule has 1 amide bonds. The second-order valence-corrected chi connectivity index (χ2v) is 5.23. The summed E-state index contributed by atoms with van der Waals surface area (Å²) in [5, 5.41) is 11.2. The lowest BCUT2D eigenvalue weighted by Crippen LogP contribution is -2.31. The van der Waals surface area contributed by atoms with E-state index in [9.17, 15) is 9.59 Å². The van der Waals surface area contributed by atoms with Gasteiger partial charge >= 0.3 is 11.9 Å². The molecule has 0 bridgehead atoms. The molecule has 1 unspecified atom stereocenters. The molecule has 0 aliphatic heterocycles. The van der Waals surface area contributed by atoms with Crippen molar-refractivity contribution in [1.29, 1.82) is 0 Å². The van der Waals surface area contributed by atoms with Crippen LogP contribution >= 0.6 is 0 Å². The van der Waals surface area contributed by atoms with Gasteiger partial charge in [-0.1, -0.05) is 27.7 Å². The number of nitrogens with zero attached hydrogens (tertiary/aromatic N) is 1. The third-order valence-electron chi connectivity index (χ3n) is 2.43. The van der Waals surface area contributed by atoms with Gasteiger partial charge in [0.1, 0.15) is 5.76 Å². The predicted octanol–water partition coefficient (Wildman–Crippen LogP) is 1.42. The molecular formula is C12H18N2O4. The molecule has 0 radical (unpaired) electrons. The summed E-state index contributed by atoms with van der Waals surface area (Å²) in [6, 6.07) is 0. The Morgan fingerprint density at radius 2 is 2.11 bits per heavy atom. The van der Waals surface area contributed by atoms with Crippen LogP contribution in [0.5, 0.6) is 0 Å². The number of carbonyl (C=O) groups is 2. The standard InChI is InChI=1S/C12H18N2O4/c1-7(11(16)17)5-13-9(15)10-14-6-8(18-10)12(2,3)4/h6-7H,5H2,1-4H3,(H,13,15)(H,16,17). The molecule has 2 N–H and O–H groups in total. The number of carbonyl (C=O) groups excluding carboxylic acids is 1. The maximum absolute atomic E-state index is 11.7. The van der Waals surface area contributed by atoms with Crippen LogP contribution in [0.1, 0.15) is 44.1 Å². The molecule has 1 aromatic heterocycles. The maximum Gasteiger partial charge on any atom is 0.308 e. The second-order valence-electron chi connectivity index (χ2n) is 5.23. The monoisotopic (exact) mass is 254 g/mol. The highest BCUT2D eigenvalue weighted by Gasteiger charge is 2.22. The van der Waals surface area contributed by atoms with E-state index in [0.717, 1.165) is 0 Å². The summed E-state index contributed by atoms with van der Waals surface area (Å²) in [6.07, 6.45) is 1.51. The Kier molecular flexibility index (Phi) is 4.11. The molecule has 1 aromatic rings. The minimum atomic E-state index is -0.960. The molecule has 0 aliphatic carbocycles. The van der Waals surface area contributed by atoms with Crippen molar-refractivity contribution < 1.29 is 19.1 Å². The first-order chi connectivity index (χ1) is 8.21. The van der Waals surface area contributed by atoms with Crippen LogP contribution in [0.4, 0.5) is 0 Å². The average molecular weight is 254 g/mol. The van der Waals surface area contributed by atoms with E-state index in [-0.39, 0.29) is 17.9 Å². The summed E-state index contributed by atoms with van der Waals surface area (Å²) in [6.45, 7) is 7.39. The number of hydrogen-bond donors (Lipinski definition) is 2. The number of carboxylic acids is 1. The fourth-order valence-electron chi connectivity index (χ4n) is 1.13. The van der Waals surface area contributed by atoms with Gasteiger partial charge in [0.2, 0.25) is 0 Å². The van der Waals surface area contributed by atoms with Crippen LogP contribution in [0, 0.1) is 5.92 Å². The highest BCUT2D eigenvalue weighted by atomic mass is 16.4. The molecule has 0 saturated heterocycles. The van der Waals surface area contributed by atoms with E-state index < -0.39 is 17.8 Å². The molecule has 0 aliphatic rings. The van der Waals surface area contributed by atoms with Crippen LogP contribution in [0.15, 0.2) is 10.6 Å². The SMILES string of the molecule is CC(CNC(=O)c1ncc(C(C)(C)C)o1)C(=O)O. The van der Waals surface area contributed by atoms with Crippen molar-refractivity contribution in [3.8, 4) is 0 Å². The van der Waals surface area contributed by atoms with E-state index in [0.29, 0.717) is 5.76 Å². The number of aliphatic carboxylic acids is 1. The number of oxazole rings is 1. The topological polar surface area (TPSA) is 92.4 Å². The van der Waals surface area contributed by atoms with Gasteiger partial charge in [-0.25, -0.2) is 4.98 Å². The lowest BCUT2D eigenvalue weighted by Gasteiger charge is -2.13. The van der Waals surface area contributed by atoms with E-state index >= 15 is 0 Å². The Balaban J connectivity index is 2.63. The zero-order chi connectivity index (χ0) is 13.9. The van der Waals surface area contributed by atoms with Crippen molar-refractivity contribution in [1.82, 2.24) is 10.3 Å². The van der Waals surface area contributed by atoms with E-state index in [2.05, 4.69) is 10.3 Å². The van der Waals surface area contributed by atoms with Crippen molar-refractivity contribution in [3.63, 3.8) is 0 Å². The van der Waals surface area contributed by atoms with Crippen molar-refractivity contribution in [2.45, 2.75) is 33.1 Å². The Bertz CT molecular complexity index is 445. The van der Waals surface area contributed by atoms with E-state index in [1.54, 1.807) is 0 Å². The van der Waals surface area contributed by atoms with E-state index in [1.165, 1.54) is 13.1 Å². The highest BCUT2D eigenvalue weighted by molar-refractivity contribution is 5.89. The van der Waals surface area contributed by atoms with Gasteiger partial charge < -0.3 is 14.8 Å². The van der Waals surface area contributed by atoms with Gasteiger partial charge in [-0.15, -0.1) is 0 Å². The summed E-state index contributed by atoms with van der Waals surface area (Å²) < 4.78 is 5.33. The minimum absolute atomic E-state index is 0.0431. The Hall–Kier alpha value is -1.85. The Morgan fingerprint density at radius 1 is 1.50 bits per heavy atom. The molecule has 0 spiro atoms. The highest BCUT2D eigenvalue weighted by Crippen LogP contribution is 2.22. The average Bonchev–Trinajstić information content (AvgIpc) is 2.73. The van der Waals surface area contributed by atoms with Crippen molar-refractivity contribution in [3.05, 3.63) is 17.8 Å². The fraction of sp³-hybridized carbons (Fsp3) is 0.583. The molecule has 1 rings (SSSR count). The van der Waals surface area contributed by atoms with Gasteiger partial charge in [0.05, 0.1) is 12.1 Å².